The predicted octanol–water partition coefficient (Wildman–Crippen LogP) is 4.68. The third-order valence-corrected chi connectivity index (χ3v) is 6.16. The zero-order valence-electron chi connectivity index (χ0n) is 16.0. The van der Waals surface area contributed by atoms with Gasteiger partial charge in [0.05, 0.1) is 32.4 Å². The van der Waals surface area contributed by atoms with Crippen LogP contribution in [-0.4, -0.2) is 25.0 Å². The summed E-state index contributed by atoms with van der Waals surface area (Å²) in [5.41, 5.74) is -4.27. The van der Waals surface area contributed by atoms with Crippen LogP contribution in [0, 0.1) is 16.0 Å². The highest BCUT2D eigenvalue weighted by Gasteiger charge is 2.36. The Morgan fingerprint density at radius 2 is 1.59 bits per heavy atom. The fraction of sp³-hybridized carbons (Fsp3) is 0.278. The molecule has 0 bridgehead atoms. The van der Waals surface area contributed by atoms with Gasteiger partial charge >= 0.3 is 12.4 Å². The van der Waals surface area contributed by atoms with Crippen LogP contribution in [0.3, 0.4) is 0 Å². The molecular weight excluding hydrogens is 470 g/mol. The average molecular weight is 484 g/mol. The van der Waals surface area contributed by atoms with Crippen molar-refractivity contribution in [3.63, 3.8) is 0 Å². The van der Waals surface area contributed by atoms with Gasteiger partial charge in [0.1, 0.15) is 0 Å². The van der Waals surface area contributed by atoms with Gasteiger partial charge in [-0.25, -0.2) is 8.42 Å². The largest absolute Gasteiger partial charge is 0.418 e. The number of sulfone groups is 1. The summed E-state index contributed by atoms with van der Waals surface area (Å²) in [6, 6.07) is 4.12. The first-order valence-electron chi connectivity index (χ1n) is 8.59. The molecule has 7 nitrogen and oxygen atoms in total. The Labute approximate surface area is 177 Å². The molecule has 1 amide bonds. The van der Waals surface area contributed by atoms with Gasteiger partial charge in [-0.1, -0.05) is 6.92 Å². The summed E-state index contributed by atoms with van der Waals surface area (Å²) < 4.78 is 102. The van der Waals surface area contributed by atoms with Crippen LogP contribution < -0.4 is 5.32 Å². The van der Waals surface area contributed by atoms with Crippen molar-refractivity contribution in [1.82, 2.24) is 0 Å². The van der Waals surface area contributed by atoms with Crippen LogP contribution in [0.4, 0.5) is 37.7 Å². The molecule has 0 saturated carbocycles. The highest BCUT2D eigenvalue weighted by Crippen LogP contribution is 2.37. The second-order valence-corrected chi connectivity index (χ2v) is 8.71. The van der Waals surface area contributed by atoms with Crippen molar-refractivity contribution in [2.24, 2.45) is 5.92 Å². The van der Waals surface area contributed by atoms with Crippen molar-refractivity contribution in [1.29, 1.82) is 0 Å². The maximum atomic E-state index is 13.2. The summed E-state index contributed by atoms with van der Waals surface area (Å²) in [6.07, 6.45) is -9.74. The standard InChI is InChI=1S/C18H14F6N2O5S/c1-10(9-32(30,31)13-5-2-11(3-6-13)17(19,20)21)16(27)25-15-7-4-12(26(28)29)8-14(15)18(22,23)24/h2-8,10H,9H2,1H3,(H,25,27). The van der Waals surface area contributed by atoms with E-state index < -0.39 is 72.1 Å². The first kappa shape index (κ1) is 25.1. The van der Waals surface area contributed by atoms with Gasteiger partial charge in [-0.2, -0.15) is 26.3 Å². The molecule has 0 saturated heterocycles. The highest BCUT2D eigenvalue weighted by atomic mass is 32.2. The van der Waals surface area contributed by atoms with E-state index in [1.807, 2.05) is 5.32 Å². The topological polar surface area (TPSA) is 106 Å². The fourth-order valence-electron chi connectivity index (χ4n) is 2.60. The van der Waals surface area contributed by atoms with Gasteiger partial charge in [-0.15, -0.1) is 0 Å². The van der Waals surface area contributed by atoms with E-state index in [2.05, 4.69) is 0 Å². The van der Waals surface area contributed by atoms with Crippen LogP contribution >= 0.6 is 0 Å². The van der Waals surface area contributed by atoms with Crippen molar-refractivity contribution < 1.29 is 44.5 Å². The summed E-state index contributed by atoms with van der Waals surface area (Å²) in [6.45, 7) is 1.09. The number of nitro benzene ring substituents is 1. The van der Waals surface area contributed by atoms with Crippen LogP contribution in [0.1, 0.15) is 18.1 Å². The van der Waals surface area contributed by atoms with Crippen LogP contribution in [0.5, 0.6) is 0 Å². The molecule has 1 atom stereocenters. The Morgan fingerprint density at radius 3 is 2.06 bits per heavy atom. The summed E-state index contributed by atoms with van der Waals surface area (Å²) in [7, 11) is -4.26. The maximum absolute atomic E-state index is 13.2. The van der Waals surface area contributed by atoms with Gasteiger partial charge in [0.15, 0.2) is 9.84 Å². The summed E-state index contributed by atoms with van der Waals surface area (Å²) in [4.78, 5) is 21.4. The molecule has 0 aliphatic carbocycles. The second-order valence-electron chi connectivity index (χ2n) is 6.68. The van der Waals surface area contributed by atoms with Gasteiger partial charge in [-0.05, 0) is 30.3 Å². The molecule has 0 aliphatic heterocycles. The van der Waals surface area contributed by atoms with E-state index in [0.29, 0.717) is 30.3 Å². The van der Waals surface area contributed by atoms with Gasteiger partial charge in [0, 0.05) is 18.1 Å². The number of amides is 1. The van der Waals surface area contributed by atoms with E-state index in [-0.39, 0.29) is 6.07 Å². The Balaban J connectivity index is 2.22. The van der Waals surface area contributed by atoms with Crippen LogP contribution in [-0.2, 0) is 27.0 Å². The lowest BCUT2D eigenvalue weighted by Gasteiger charge is -2.16. The molecular formula is C18H14F6N2O5S. The van der Waals surface area contributed by atoms with Crippen LogP contribution in [0.2, 0.25) is 0 Å². The fourth-order valence-corrected chi connectivity index (χ4v) is 4.15. The van der Waals surface area contributed by atoms with E-state index in [4.69, 9.17) is 0 Å². The number of hydrogen-bond acceptors (Lipinski definition) is 5. The summed E-state index contributed by atoms with van der Waals surface area (Å²) in [5.74, 6) is -3.45. The molecule has 1 N–H and O–H groups in total. The Hall–Kier alpha value is -3.16. The van der Waals surface area contributed by atoms with E-state index >= 15 is 0 Å². The van der Waals surface area contributed by atoms with Crippen LogP contribution in [0.25, 0.3) is 0 Å². The Kier molecular flexibility index (Phi) is 6.87. The van der Waals surface area contributed by atoms with E-state index in [1.54, 1.807) is 0 Å². The SMILES string of the molecule is CC(CS(=O)(=O)c1ccc(C(F)(F)F)cc1)C(=O)Nc1ccc([N+](=O)[O-])cc1C(F)(F)F. The molecule has 14 heteroatoms. The number of anilines is 1. The number of carbonyl (C=O) groups is 1. The normalized spacial score (nSPS) is 13.5. The van der Waals surface area contributed by atoms with Crippen molar-refractivity contribution in [3.05, 3.63) is 63.7 Å². The molecule has 174 valence electrons. The quantitative estimate of drug-likeness (QED) is 0.364. The lowest BCUT2D eigenvalue weighted by molar-refractivity contribution is -0.385. The van der Waals surface area contributed by atoms with Crippen molar-refractivity contribution in [2.75, 3.05) is 11.1 Å². The molecule has 0 aromatic heterocycles. The molecule has 32 heavy (non-hydrogen) atoms. The summed E-state index contributed by atoms with van der Waals surface area (Å²) in [5, 5.41) is 12.6. The van der Waals surface area contributed by atoms with E-state index in [9.17, 15) is 49.7 Å². The molecule has 0 spiro atoms. The molecule has 0 heterocycles. The minimum atomic E-state index is -5.05. The predicted molar refractivity (Wildman–Crippen MR) is 99.4 cm³/mol. The number of benzene rings is 2. The van der Waals surface area contributed by atoms with Gasteiger partial charge < -0.3 is 5.32 Å². The molecule has 0 radical (unpaired) electrons. The summed E-state index contributed by atoms with van der Waals surface area (Å²) >= 11 is 0. The van der Waals surface area contributed by atoms with Gasteiger partial charge in [0.2, 0.25) is 5.91 Å². The Bertz CT molecular complexity index is 1130. The molecule has 2 aromatic carbocycles. The lowest BCUT2D eigenvalue weighted by Crippen LogP contribution is -2.28. The second kappa shape index (κ2) is 8.76. The zero-order valence-corrected chi connectivity index (χ0v) is 16.8. The minimum absolute atomic E-state index is 0.221. The van der Waals surface area contributed by atoms with Gasteiger partial charge in [-0.3, -0.25) is 14.9 Å². The number of nitro groups is 1. The molecule has 0 fully saturated rings. The number of nitrogens with one attached hydrogen (secondary N) is 1. The lowest BCUT2D eigenvalue weighted by atomic mass is 10.1. The van der Waals surface area contributed by atoms with E-state index in [0.717, 1.165) is 13.0 Å². The third kappa shape index (κ3) is 5.96. The molecule has 1 unspecified atom stereocenters. The number of alkyl halides is 6. The first-order chi connectivity index (χ1) is 14.5. The van der Waals surface area contributed by atoms with Crippen LogP contribution in [0.15, 0.2) is 47.4 Å². The number of non-ortho nitro benzene ring substituents is 1. The number of rotatable bonds is 6. The maximum Gasteiger partial charge on any atom is 0.418 e. The molecule has 2 aromatic rings. The number of halogens is 6. The number of hydrogen-bond donors (Lipinski definition) is 1. The number of nitrogens with zero attached hydrogens (tertiary/aromatic N) is 1. The highest BCUT2D eigenvalue weighted by molar-refractivity contribution is 7.91. The minimum Gasteiger partial charge on any atom is -0.325 e. The first-order valence-corrected chi connectivity index (χ1v) is 10.2. The zero-order chi connectivity index (χ0) is 24.5. The van der Waals surface area contributed by atoms with Gasteiger partial charge in [0.25, 0.3) is 5.69 Å². The third-order valence-electron chi connectivity index (χ3n) is 4.23. The van der Waals surface area contributed by atoms with Crippen molar-refractivity contribution in [3.8, 4) is 0 Å². The molecule has 2 rings (SSSR count). The monoisotopic (exact) mass is 484 g/mol. The van der Waals surface area contributed by atoms with Crippen molar-refractivity contribution in [2.45, 2.75) is 24.2 Å². The number of carbonyl (C=O) groups excluding carboxylic acids is 1. The molecule has 0 aliphatic rings. The van der Waals surface area contributed by atoms with Crippen molar-refractivity contribution >= 4 is 27.1 Å². The smallest absolute Gasteiger partial charge is 0.325 e. The average Bonchev–Trinajstić information content (AvgIpc) is 2.66. The Morgan fingerprint density at radius 1 is 1.03 bits per heavy atom. The van der Waals surface area contributed by atoms with E-state index in [1.165, 1.54) is 0 Å².